The van der Waals surface area contributed by atoms with Gasteiger partial charge in [-0.15, -0.1) is 0 Å². The average Bonchev–Trinajstić information content (AvgIpc) is 3.86. The van der Waals surface area contributed by atoms with Crippen molar-refractivity contribution in [2.45, 2.75) is 6.17 Å². The lowest BCUT2D eigenvalue weighted by atomic mass is 10.00. The van der Waals surface area contributed by atoms with E-state index in [0.29, 0.717) is 0 Å². The van der Waals surface area contributed by atoms with Crippen molar-refractivity contribution in [3.05, 3.63) is 211 Å². The van der Waals surface area contributed by atoms with Gasteiger partial charge in [0.15, 0.2) is 6.17 Å². The van der Waals surface area contributed by atoms with E-state index in [1.165, 1.54) is 48.9 Å². The van der Waals surface area contributed by atoms with E-state index in [9.17, 15) is 0 Å². The molecule has 1 aliphatic heterocycles. The predicted molar refractivity (Wildman–Crippen MR) is 240 cm³/mol. The highest BCUT2D eigenvalue weighted by molar-refractivity contribution is 6.28. The summed E-state index contributed by atoms with van der Waals surface area (Å²) < 4.78 is 8.90. The van der Waals surface area contributed by atoms with E-state index in [1.54, 1.807) is 0 Å². The Hall–Kier alpha value is -7.76. The first-order chi connectivity index (χ1) is 28.7. The number of aliphatic imine (C=N–C) groups is 2. The van der Waals surface area contributed by atoms with E-state index < -0.39 is 6.17 Å². The van der Waals surface area contributed by atoms with Crippen molar-refractivity contribution in [1.82, 2.24) is 9.88 Å². The van der Waals surface area contributed by atoms with Gasteiger partial charge in [0.05, 0.1) is 16.6 Å². The number of nitrogens with zero attached hydrogens (tertiary/aromatic N) is 3. The number of fused-ring (bicyclic) bond motifs is 10. The molecule has 9 aromatic carbocycles. The zero-order chi connectivity index (χ0) is 38.2. The summed E-state index contributed by atoms with van der Waals surface area (Å²) in [5, 5.41) is 13.3. The Morgan fingerprint density at radius 2 is 1.00 bits per heavy atom. The largest absolute Gasteiger partial charge is 0.455 e. The van der Waals surface area contributed by atoms with Gasteiger partial charge >= 0.3 is 0 Å². The molecule has 0 fully saturated rings. The number of aromatic nitrogens is 1. The molecule has 5 nitrogen and oxygen atoms in total. The van der Waals surface area contributed by atoms with Crippen LogP contribution < -0.4 is 5.32 Å². The van der Waals surface area contributed by atoms with Crippen molar-refractivity contribution in [1.29, 1.82) is 0 Å². The Bertz CT molecular complexity index is 3370. The molecule has 0 saturated heterocycles. The molecule has 0 bridgehead atoms. The highest BCUT2D eigenvalue weighted by Gasteiger charge is 2.24. The Balaban J connectivity index is 1.00. The molecule has 0 aliphatic carbocycles. The van der Waals surface area contributed by atoms with Gasteiger partial charge in [0, 0.05) is 32.8 Å². The van der Waals surface area contributed by atoms with Crippen LogP contribution in [0, 0.1) is 0 Å². The molecule has 2 aromatic heterocycles. The first-order valence-electron chi connectivity index (χ1n) is 19.7. The number of hydrogen-bond donors (Lipinski definition) is 1. The van der Waals surface area contributed by atoms with Crippen LogP contribution in [0.25, 0.3) is 82.1 Å². The Kier molecular flexibility index (Phi) is 7.23. The first-order valence-corrected chi connectivity index (χ1v) is 19.7. The number of nitrogens with one attached hydrogen (secondary N) is 1. The van der Waals surface area contributed by atoms with Crippen molar-refractivity contribution >= 4 is 77.0 Å². The fourth-order valence-corrected chi connectivity index (χ4v) is 8.89. The van der Waals surface area contributed by atoms with Crippen LogP contribution in [-0.4, -0.2) is 16.2 Å². The van der Waals surface area contributed by atoms with Gasteiger partial charge in [0.2, 0.25) is 0 Å². The quantitative estimate of drug-likeness (QED) is 0.191. The van der Waals surface area contributed by atoms with E-state index >= 15 is 0 Å². The van der Waals surface area contributed by atoms with Crippen LogP contribution in [0.5, 0.6) is 0 Å². The summed E-state index contributed by atoms with van der Waals surface area (Å²) in [6.07, 6.45) is -0.486. The van der Waals surface area contributed by atoms with Crippen molar-refractivity contribution in [2.75, 3.05) is 0 Å². The van der Waals surface area contributed by atoms with Crippen LogP contribution >= 0.6 is 0 Å². The zero-order valence-electron chi connectivity index (χ0n) is 31.3. The third-order valence-electron chi connectivity index (χ3n) is 11.7. The summed E-state index contributed by atoms with van der Waals surface area (Å²) in [6.45, 7) is 0. The van der Waals surface area contributed by atoms with E-state index in [0.717, 1.165) is 61.6 Å². The first kappa shape index (κ1) is 32.5. The van der Waals surface area contributed by atoms with Crippen molar-refractivity contribution in [3.8, 4) is 16.8 Å². The van der Waals surface area contributed by atoms with Crippen molar-refractivity contribution in [2.24, 2.45) is 9.98 Å². The van der Waals surface area contributed by atoms with Crippen LogP contribution in [0.15, 0.2) is 209 Å². The topological polar surface area (TPSA) is 54.8 Å². The summed E-state index contributed by atoms with van der Waals surface area (Å²) in [6, 6.07) is 68.6. The fraction of sp³-hybridized carbons (Fsp3) is 0.0189. The number of hydrogen-bond acceptors (Lipinski definition) is 4. The number of furan rings is 1. The minimum absolute atomic E-state index is 0.486. The lowest BCUT2D eigenvalue weighted by Gasteiger charge is -2.23. The smallest absolute Gasteiger partial charge is 0.169 e. The molecule has 272 valence electrons. The SMILES string of the molecule is c1ccc(-c2ccc(C3=NC(c4ccc(-n5c6ccc7ccccc7c6c6c7ccccc7ccc65)cc4)N=C(c4cccc5c4oc4ccccc45)N3)cc2)cc1. The summed E-state index contributed by atoms with van der Waals surface area (Å²) in [4.78, 5) is 10.6. The van der Waals surface area contributed by atoms with E-state index in [1.807, 2.05) is 24.3 Å². The fourth-order valence-electron chi connectivity index (χ4n) is 8.89. The molecular formula is C53H34N4O. The molecule has 1 atom stereocenters. The van der Waals surface area contributed by atoms with Gasteiger partial charge in [0.25, 0.3) is 0 Å². The van der Waals surface area contributed by atoms with Gasteiger partial charge < -0.3 is 14.3 Å². The monoisotopic (exact) mass is 742 g/mol. The highest BCUT2D eigenvalue weighted by Crippen LogP contribution is 2.41. The number of amidine groups is 2. The van der Waals surface area contributed by atoms with Crippen molar-refractivity contribution in [3.63, 3.8) is 0 Å². The van der Waals surface area contributed by atoms with Gasteiger partial charge in [-0.05, 0) is 74.6 Å². The zero-order valence-corrected chi connectivity index (χ0v) is 31.3. The van der Waals surface area contributed by atoms with Crippen LogP contribution in [-0.2, 0) is 0 Å². The van der Waals surface area contributed by atoms with Gasteiger partial charge in [0.1, 0.15) is 22.8 Å². The van der Waals surface area contributed by atoms with Crippen LogP contribution in [0.2, 0.25) is 0 Å². The molecule has 11 aromatic rings. The molecule has 58 heavy (non-hydrogen) atoms. The maximum atomic E-state index is 6.50. The van der Waals surface area contributed by atoms with E-state index in [4.69, 9.17) is 14.4 Å². The second kappa shape index (κ2) is 12.9. The van der Waals surface area contributed by atoms with Crippen LogP contribution in [0.3, 0.4) is 0 Å². The standard InChI is InChI=1S/C53H34N4O/c1-2-11-33(12-3-1)34-21-23-37(24-22-34)51-54-52(56-53(55-51)44-19-10-18-43-42-17-8-9-20-47(42)58-50(43)44)38-25-29-39(30-26-38)57-45-31-27-35-13-4-6-15-40(35)48(45)49-41-16-7-5-14-36(41)28-32-46(49)57/h1-32,52H,(H,54,55,56). The Labute approximate surface area is 333 Å². The number of para-hydroxylation sites is 2. The molecule has 1 unspecified atom stereocenters. The highest BCUT2D eigenvalue weighted by atomic mass is 16.3. The van der Waals surface area contributed by atoms with E-state index in [2.05, 4.69) is 180 Å². The molecule has 0 saturated carbocycles. The molecule has 1 aliphatic rings. The molecule has 5 heteroatoms. The Morgan fingerprint density at radius 1 is 0.431 bits per heavy atom. The Morgan fingerprint density at radius 3 is 1.71 bits per heavy atom. The lowest BCUT2D eigenvalue weighted by Crippen LogP contribution is -2.36. The van der Waals surface area contributed by atoms with Crippen LogP contribution in [0.1, 0.15) is 22.9 Å². The normalized spacial score (nSPS) is 14.4. The van der Waals surface area contributed by atoms with Gasteiger partial charge in [-0.2, -0.15) is 0 Å². The summed E-state index contributed by atoms with van der Waals surface area (Å²) in [5.74, 6) is 1.48. The molecule has 3 heterocycles. The van der Waals surface area contributed by atoms with Gasteiger partial charge in [-0.1, -0.05) is 158 Å². The predicted octanol–water partition coefficient (Wildman–Crippen LogP) is 13.2. The third-order valence-corrected chi connectivity index (χ3v) is 11.7. The number of rotatable bonds is 5. The van der Waals surface area contributed by atoms with Gasteiger partial charge in [-0.3, -0.25) is 0 Å². The van der Waals surface area contributed by atoms with Gasteiger partial charge in [-0.25, -0.2) is 9.98 Å². The third kappa shape index (κ3) is 5.10. The number of benzene rings is 9. The minimum atomic E-state index is -0.486. The lowest BCUT2D eigenvalue weighted by molar-refractivity contribution is 0.667. The van der Waals surface area contributed by atoms with Crippen LogP contribution in [0.4, 0.5) is 0 Å². The molecule has 0 radical (unpaired) electrons. The van der Waals surface area contributed by atoms with E-state index in [-0.39, 0.29) is 0 Å². The summed E-state index contributed by atoms with van der Waals surface area (Å²) in [5.41, 5.74) is 10.3. The maximum Gasteiger partial charge on any atom is 0.169 e. The summed E-state index contributed by atoms with van der Waals surface area (Å²) in [7, 11) is 0. The van der Waals surface area contributed by atoms with Crippen molar-refractivity contribution < 1.29 is 4.42 Å². The average molecular weight is 743 g/mol. The minimum Gasteiger partial charge on any atom is -0.455 e. The molecular weight excluding hydrogens is 709 g/mol. The summed E-state index contributed by atoms with van der Waals surface area (Å²) >= 11 is 0. The maximum absolute atomic E-state index is 6.50. The second-order valence-electron chi connectivity index (χ2n) is 15.0. The second-order valence-corrected chi connectivity index (χ2v) is 15.0. The molecule has 0 spiro atoms. The molecule has 1 N–H and O–H groups in total. The molecule has 0 amide bonds. The molecule has 12 rings (SSSR count).